The highest BCUT2D eigenvalue weighted by Gasteiger charge is 1.96. The first kappa shape index (κ1) is 8.90. The molecule has 0 fully saturated rings. The van der Waals surface area contributed by atoms with Crippen LogP contribution in [0.2, 0.25) is 0 Å². The smallest absolute Gasteiger partial charge is 0.119 e. The van der Waals surface area contributed by atoms with E-state index in [2.05, 4.69) is 20.9 Å². The van der Waals surface area contributed by atoms with Crippen LogP contribution >= 0.6 is 27.3 Å². The summed E-state index contributed by atoms with van der Waals surface area (Å²) in [4.78, 5) is 6.06. The Morgan fingerprint density at radius 2 is 2.64 bits per heavy atom. The third-order valence-electron chi connectivity index (χ3n) is 1.07. The molecule has 60 valence electrons. The number of halogens is 1. The molecule has 0 saturated carbocycles. The van der Waals surface area contributed by atoms with Gasteiger partial charge in [-0.15, -0.1) is 11.3 Å². The molecule has 0 aliphatic rings. The van der Waals surface area contributed by atoms with Crippen molar-refractivity contribution in [2.75, 3.05) is 7.11 Å². The fourth-order valence-corrected chi connectivity index (χ4v) is 1.66. The van der Waals surface area contributed by atoms with Gasteiger partial charge >= 0.3 is 0 Å². The molecule has 0 atom stereocenters. The molecule has 1 heterocycles. The Morgan fingerprint density at radius 3 is 3.27 bits per heavy atom. The molecule has 0 N–H and O–H groups in total. The van der Waals surface area contributed by atoms with Crippen LogP contribution in [0.3, 0.4) is 0 Å². The van der Waals surface area contributed by atoms with Crippen LogP contribution in [0, 0.1) is 0 Å². The maximum absolute atomic E-state index is 4.93. The molecule has 1 rings (SSSR count). The van der Waals surface area contributed by atoms with Gasteiger partial charge in [0.05, 0.1) is 12.3 Å². The molecule has 0 bridgehead atoms. The Morgan fingerprint density at radius 1 is 1.82 bits per heavy atom. The summed E-state index contributed by atoms with van der Waals surface area (Å²) in [5.41, 5.74) is 0.971. The number of rotatable bonds is 3. The summed E-state index contributed by atoms with van der Waals surface area (Å²) in [6, 6.07) is 0. The molecule has 4 heteroatoms. The van der Waals surface area contributed by atoms with E-state index in [1.165, 1.54) is 0 Å². The maximum Gasteiger partial charge on any atom is 0.119 e. The van der Waals surface area contributed by atoms with Gasteiger partial charge in [-0.1, -0.05) is 15.9 Å². The number of hydrogen-bond acceptors (Lipinski definition) is 3. The number of methoxy groups -OCH3 is 1. The topological polar surface area (TPSA) is 22.1 Å². The zero-order chi connectivity index (χ0) is 8.10. The molecule has 11 heavy (non-hydrogen) atoms. The average molecular weight is 234 g/mol. The Kier molecular flexibility index (Phi) is 3.76. The largest absolute Gasteiger partial charge is 0.378 e. The number of hydrogen-bond donors (Lipinski definition) is 0. The molecule has 1 aromatic heterocycles. The minimum Gasteiger partial charge on any atom is -0.378 e. The van der Waals surface area contributed by atoms with Crippen LogP contribution in [0.5, 0.6) is 0 Å². The van der Waals surface area contributed by atoms with Crippen LogP contribution in [0.25, 0.3) is 6.08 Å². The van der Waals surface area contributed by atoms with Crippen molar-refractivity contribution in [1.82, 2.24) is 4.98 Å². The van der Waals surface area contributed by atoms with Gasteiger partial charge in [0.1, 0.15) is 5.01 Å². The molecule has 0 aliphatic heterocycles. The molecule has 0 saturated heterocycles. The lowest BCUT2D eigenvalue weighted by atomic mass is 10.5. The third-order valence-corrected chi connectivity index (χ3v) is 2.18. The number of thiazole rings is 1. The standard InChI is InChI=1S/C7H8BrNOS/c1-10-4-7-9-6(2-3-8)5-11-7/h2-3,5H,4H2,1H3/b3-2+. The molecular weight excluding hydrogens is 226 g/mol. The Labute approximate surface area is 78.0 Å². The van der Waals surface area contributed by atoms with Crippen molar-refractivity contribution >= 4 is 33.3 Å². The molecule has 0 aromatic carbocycles. The van der Waals surface area contributed by atoms with Crippen molar-refractivity contribution in [2.45, 2.75) is 6.61 Å². The summed E-state index contributed by atoms with van der Waals surface area (Å²) in [6.45, 7) is 0.598. The predicted octanol–water partition coefficient (Wildman–Crippen LogP) is 2.66. The van der Waals surface area contributed by atoms with Crippen LogP contribution in [0.15, 0.2) is 10.4 Å². The second-order valence-electron chi connectivity index (χ2n) is 1.89. The van der Waals surface area contributed by atoms with Gasteiger partial charge in [0.25, 0.3) is 0 Å². The molecule has 2 nitrogen and oxygen atoms in total. The van der Waals surface area contributed by atoms with E-state index >= 15 is 0 Å². The average Bonchev–Trinajstić information content (AvgIpc) is 2.38. The van der Waals surface area contributed by atoms with E-state index in [4.69, 9.17) is 4.74 Å². The van der Waals surface area contributed by atoms with Gasteiger partial charge in [-0.3, -0.25) is 0 Å². The lowest BCUT2D eigenvalue weighted by molar-refractivity contribution is 0.184. The lowest BCUT2D eigenvalue weighted by Gasteiger charge is -1.88. The van der Waals surface area contributed by atoms with Gasteiger partial charge in [-0.05, 0) is 11.1 Å². The van der Waals surface area contributed by atoms with Crippen molar-refractivity contribution in [1.29, 1.82) is 0 Å². The summed E-state index contributed by atoms with van der Waals surface area (Å²) in [5.74, 6) is 0. The SMILES string of the molecule is COCc1nc(/C=C/Br)cs1. The number of nitrogens with zero attached hydrogens (tertiary/aromatic N) is 1. The van der Waals surface area contributed by atoms with Crippen molar-refractivity contribution in [3.63, 3.8) is 0 Å². The second-order valence-corrected chi connectivity index (χ2v) is 3.36. The van der Waals surface area contributed by atoms with Gasteiger partial charge in [-0.2, -0.15) is 0 Å². The van der Waals surface area contributed by atoms with Crippen LogP contribution in [0.4, 0.5) is 0 Å². The van der Waals surface area contributed by atoms with Crippen LogP contribution in [-0.2, 0) is 11.3 Å². The molecule has 0 amide bonds. The highest BCUT2D eigenvalue weighted by molar-refractivity contribution is 9.11. The molecule has 0 spiro atoms. The van der Waals surface area contributed by atoms with Crippen molar-refractivity contribution in [3.8, 4) is 0 Å². The summed E-state index contributed by atoms with van der Waals surface area (Å²) in [7, 11) is 1.67. The van der Waals surface area contributed by atoms with Gasteiger partial charge < -0.3 is 4.74 Å². The fraction of sp³-hybridized carbons (Fsp3) is 0.286. The van der Waals surface area contributed by atoms with Gasteiger partial charge in [0, 0.05) is 12.5 Å². The Hall–Kier alpha value is -0.190. The van der Waals surface area contributed by atoms with Crippen LogP contribution < -0.4 is 0 Å². The van der Waals surface area contributed by atoms with Gasteiger partial charge in [-0.25, -0.2) is 4.98 Å². The number of ether oxygens (including phenoxy) is 1. The van der Waals surface area contributed by atoms with E-state index in [9.17, 15) is 0 Å². The van der Waals surface area contributed by atoms with E-state index < -0.39 is 0 Å². The van der Waals surface area contributed by atoms with Crippen LogP contribution in [-0.4, -0.2) is 12.1 Å². The first-order valence-electron chi connectivity index (χ1n) is 3.07. The highest BCUT2D eigenvalue weighted by Crippen LogP contribution is 2.12. The summed E-state index contributed by atoms with van der Waals surface area (Å²) >= 11 is 4.79. The van der Waals surface area contributed by atoms with Crippen molar-refractivity contribution in [3.05, 3.63) is 21.1 Å². The summed E-state index contributed by atoms with van der Waals surface area (Å²) in [5, 5.41) is 3.00. The van der Waals surface area contributed by atoms with E-state index in [0.717, 1.165) is 10.7 Å². The monoisotopic (exact) mass is 233 g/mol. The highest BCUT2D eigenvalue weighted by atomic mass is 79.9. The predicted molar refractivity (Wildman–Crippen MR) is 50.8 cm³/mol. The first-order chi connectivity index (χ1) is 5.36. The first-order valence-corrected chi connectivity index (χ1v) is 4.86. The van der Waals surface area contributed by atoms with Crippen molar-refractivity contribution < 1.29 is 4.74 Å². The van der Waals surface area contributed by atoms with E-state index in [1.54, 1.807) is 23.4 Å². The lowest BCUT2D eigenvalue weighted by Crippen LogP contribution is -1.84. The van der Waals surface area contributed by atoms with Crippen molar-refractivity contribution in [2.24, 2.45) is 0 Å². The number of aromatic nitrogens is 1. The molecule has 0 aliphatic carbocycles. The summed E-state index contributed by atoms with van der Waals surface area (Å²) in [6.07, 6.45) is 1.90. The fourth-order valence-electron chi connectivity index (χ4n) is 0.656. The van der Waals surface area contributed by atoms with E-state index in [-0.39, 0.29) is 0 Å². The normalized spacial score (nSPS) is 11.1. The minimum absolute atomic E-state index is 0.598. The molecule has 0 unspecified atom stereocenters. The second kappa shape index (κ2) is 4.64. The zero-order valence-electron chi connectivity index (χ0n) is 6.08. The Bertz CT molecular complexity index is 246. The molecule has 0 radical (unpaired) electrons. The van der Waals surface area contributed by atoms with Gasteiger partial charge in [0.2, 0.25) is 0 Å². The maximum atomic E-state index is 4.93. The molecular formula is C7H8BrNOS. The third kappa shape index (κ3) is 2.73. The molecule has 1 aromatic rings. The Balaban J connectivity index is 2.65. The zero-order valence-corrected chi connectivity index (χ0v) is 8.48. The minimum atomic E-state index is 0.598. The van der Waals surface area contributed by atoms with E-state index in [1.807, 2.05) is 11.5 Å². The quantitative estimate of drug-likeness (QED) is 0.802. The summed E-state index contributed by atoms with van der Waals surface area (Å²) < 4.78 is 4.93. The van der Waals surface area contributed by atoms with Gasteiger partial charge in [0.15, 0.2) is 0 Å². The van der Waals surface area contributed by atoms with Crippen LogP contribution in [0.1, 0.15) is 10.7 Å². The van der Waals surface area contributed by atoms with E-state index in [0.29, 0.717) is 6.61 Å².